The predicted molar refractivity (Wildman–Crippen MR) is 132 cm³/mol. The number of piperidine rings is 1. The average Bonchev–Trinajstić information content (AvgIpc) is 3.21. The normalized spacial score (nSPS) is 15.5. The summed E-state index contributed by atoms with van der Waals surface area (Å²) in [5.74, 6) is 0.157. The summed E-state index contributed by atoms with van der Waals surface area (Å²) in [6.45, 7) is 6.78. The van der Waals surface area contributed by atoms with Gasteiger partial charge in [-0.3, -0.25) is 9.36 Å². The molecule has 174 valence electrons. The molecule has 1 fully saturated rings. The largest absolute Gasteiger partial charge is 0.337 e. The molecule has 0 saturated carbocycles. The fourth-order valence-electron chi connectivity index (χ4n) is 4.05. The molecule has 0 bridgehead atoms. The molecule has 2 aromatic carbocycles. The van der Waals surface area contributed by atoms with E-state index in [4.69, 9.17) is 12.2 Å². The van der Waals surface area contributed by atoms with E-state index in [9.17, 15) is 13.2 Å². The zero-order chi connectivity index (χ0) is 23.8. The lowest BCUT2D eigenvalue weighted by Crippen LogP contribution is -2.38. The number of sulfonamides is 1. The number of hydrogen-bond acceptors (Lipinski definition) is 4. The van der Waals surface area contributed by atoms with E-state index in [2.05, 4.69) is 17.2 Å². The van der Waals surface area contributed by atoms with Crippen molar-refractivity contribution in [3.05, 3.63) is 70.3 Å². The van der Waals surface area contributed by atoms with Gasteiger partial charge in [-0.05, 0) is 86.3 Å². The van der Waals surface area contributed by atoms with Gasteiger partial charge in [-0.1, -0.05) is 13.0 Å². The van der Waals surface area contributed by atoms with Gasteiger partial charge in [0.25, 0.3) is 5.91 Å². The molecule has 1 aromatic heterocycles. The average molecular weight is 485 g/mol. The Balaban J connectivity index is 1.62. The number of H-pyrrole nitrogens is 1. The first-order chi connectivity index (χ1) is 15.7. The highest BCUT2D eigenvalue weighted by molar-refractivity contribution is 7.89. The molecular formula is C24H28N4O3S2. The number of aryl methyl sites for hydroxylation is 1. The van der Waals surface area contributed by atoms with Crippen molar-refractivity contribution < 1.29 is 13.2 Å². The first kappa shape index (κ1) is 23.4. The monoisotopic (exact) mass is 484 g/mol. The molecule has 0 aliphatic carbocycles. The van der Waals surface area contributed by atoms with Gasteiger partial charge < -0.3 is 10.3 Å². The van der Waals surface area contributed by atoms with Gasteiger partial charge in [0.1, 0.15) is 0 Å². The Labute approximate surface area is 199 Å². The van der Waals surface area contributed by atoms with E-state index >= 15 is 0 Å². The van der Waals surface area contributed by atoms with Crippen molar-refractivity contribution in [3.8, 4) is 5.69 Å². The van der Waals surface area contributed by atoms with Crippen LogP contribution in [0, 0.1) is 24.5 Å². The topological polar surface area (TPSA) is 87.2 Å². The first-order valence-electron chi connectivity index (χ1n) is 11.0. The number of benzene rings is 2. The molecule has 9 heteroatoms. The van der Waals surface area contributed by atoms with Crippen molar-refractivity contribution in [2.75, 3.05) is 18.4 Å². The minimum atomic E-state index is -3.67. The molecule has 0 atom stereocenters. The highest BCUT2D eigenvalue weighted by atomic mass is 32.2. The van der Waals surface area contributed by atoms with E-state index < -0.39 is 10.0 Å². The Bertz CT molecular complexity index is 1350. The highest BCUT2D eigenvalue weighted by Gasteiger charge is 2.30. The van der Waals surface area contributed by atoms with Gasteiger partial charge in [0.15, 0.2) is 4.77 Å². The maximum absolute atomic E-state index is 13.4. The standard InChI is InChI=1S/C24H28N4O3S2/c1-16-7-10-27(11-8-16)33(30,31)22-14-19(13-17(2)18(22)3)23(29)26-20-5-4-6-21(15-20)28-12-9-25-24(28)32/h4-6,9,12-16H,7-8,10-11H2,1-3H3,(H,25,32)(H,26,29). The Morgan fingerprint density at radius 3 is 2.55 bits per heavy atom. The van der Waals surface area contributed by atoms with E-state index in [0.717, 1.165) is 24.1 Å². The number of aromatic amines is 1. The van der Waals surface area contributed by atoms with Crippen LogP contribution in [0.2, 0.25) is 0 Å². The van der Waals surface area contributed by atoms with Gasteiger partial charge in [0.2, 0.25) is 10.0 Å². The van der Waals surface area contributed by atoms with Crippen LogP contribution >= 0.6 is 12.2 Å². The summed E-state index contributed by atoms with van der Waals surface area (Å²) < 4.78 is 30.7. The smallest absolute Gasteiger partial charge is 0.255 e. The Morgan fingerprint density at radius 2 is 1.88 bits per heavy atom. The summed E-state index contributed by atoms with van der Waals surface area (Å²) in [4.78, 5) is 16.2. The van der Waals surface area contributed by atoms with Crippen LogP contribution in [0.1, 0.15) is 41.3 Å². The molecule has 1 aliphatic rings. The van der Waals surface area contributed by atoms with Crippen LogP contribution in [0.5, 0.6) is 0 Å². The van der Waals surface area contributed by atoms with Crippen LogP contribution < -0.4 is 5.32 Å². The molecule has 2 heterocycles. The molecule has 4 rings (SSSR count). The third kappa shape index (κ3) is 4.80. The number of anilines is 1. The third-order valence-electron chi connectivity index (χ3n) is 6.27. The molecule has 33 heavy (non-hydrogen) atoms. The minimum Gasteiger partial charge on any atom is -0.337 e. The fourth-order valence-corrected chi connectivity index (χ4v) is 6.08. The third-order valence-corrected chi connectivity index (χ3v) is 8.61. The molecule has 0 radical (unpaired) electrons. The number of nitrogens with zero attached hydrogens (tertiary/aromatic N) is 2. The Morgan fingerprint density at radius 1 is 1.15 bits per heavy atom. The van der Waals surface area contributed by atoms with Crippen molar-refractivity contribution in [1.29, 1.82) is 0 Å². The molecule has 1 aliphatic heterocycles. The predicted octanol–water partition coefficient (Wildman–Crippen LogP) is 4.82. The lowest BCUT2D eigenvalue weighted by atomic mass is 10.0. The lowest BCUT2D eigenvalue weighted by Gasteiger charge is -2.30. The van der Waals surface area contributed by atoms with Crippen molar-refractivity contribution in [2.45, 2.75) is 38.5 Å². The quantitative estimate of drug-likeness (QED) is 0.508. The molecule has 2 N–H and O–H groups in total. The number of carbonyl (C=O) groups excluding carboxylic acids is 1. The zero-order valence-electron chi connectivity index (χ0n) is 19.0. The second kappa shape index (κ2) is 9.24. The number of amides is 1. The van der Waals surface area contributed by atoms with Crippen molar-refractivity contribution in [3.63, 3.8) is 0 Å². The molecule has 1 amide bonds. The first-order valence-corrected chi connectivity index (χ1v) is 12.8. The Kier molecular flexibility index (Phi) is 6.56. The van der Waals surface area contributed by atoms with E-state index in [-0.39, 0.29) is 10.8 Å². The molecule has 0 spiro atoms. The second-order valence-electron chi connectivity index (χ2n) is 8.64. The maximum atomic E-state index is 13.4. The van der Waals surface area contributed by atoms with Crippen molar-refractivity contribution in [1.82, 2.24) is 13.9 Å². The number of imidazole rings is 1. The summed E-state index contributed by atoms with van der Waals surface area (Å²) in [6.07, 6.45) is 5.25. The van der Waals surface area contributed by atoms with E-state index in [0.29, 0.717) is 40.6 Å². The molecule has 0 unspecified atom stereocenters. The molecule has 1 saturated heterocycles. The number of hydrogen-bond donors (Lipinski definition) is 2. The van der Waals surface area contributed by atoms with Crippen LogP contribution in [0.15, 0.2) is 53.7 Å². The molecule has 7 nitrogen and oxygen atoms in total. The number of aromatic nitrogens is 2. The summed E-state index contributed by atoms with van der Waals surface area (Å²) in [6, 6.07) is 10.5. The zero-order valence-corrected chi connectivity index (χ0v) is 20.6. The summed E-state index contributed by atoms with van der Waals surface area (Å²) in [7, 11) is -3.67. The summed E-state index contributed by atoms with van der Waals surface area (Å²) >= 11 is 5.27. The fraction of sp³-hybridized carbons (Fsp3) is 0.333. The van der Waals surface area contributed by atoms with Gasteiger partial charge in [-0.15, -0.1) is 0 Å². The van der Waals surface area contributed by atoms with Gasteiger partial charge in [0, 0.05) is 42.4 Å². The van der Waals surface area contributed by atoms with Crippen LogP contribution in [0.3, 0.4) is 0 Å². The van der Waals surface area contributed by atoms with E-state index in [1.165, 1.54) is 6.07 Å². The number of rotatable bonds is 5. The highest BCUT2D eigenvalue weighted by Crippen LogP contribution is 2.28. The van der Waals surface area contributed by atoms with Crippen LogP contribution in [-0.4, -0.2) is 41.3 Å². The maximum Gasteiger partial charge on any atom is 0.255 e. The summed E-state index contributed by atoms with van der Waals surface area (Å²) in [5.41, 5.74) is 3.15. The van der Waals surface area contributed by atoms with Crippen LogP contribution in [-0.2, 0) is 10.0 Å². The minimum absolute atomic E-state index is 0.203. The van der Waals surface area contributed by atoms with Crippen molar-refractivity contribution >= 4 is 33.8 Å². The second-order valence-corrected chi connectivity index (χ2v) is 10.9. The van der Waals surface area contributed by atoms with Crippen LogP contribution in [0.25, 0.3) is 5.69 Å². The summed E-state index contributed by atoms with van der Waals surface area (Å²) in [5, 5.41) is 2.89. The van der Waals surface area contributed by atoms with Gasteiger partial charge in [0.05, 0.1) is 4.90 Å². The van der Waals surface area contributed by atoms with E-state index in [1.807, 2.05) is 31.3 Å². The number of nitrogens with one attached hydrogen (secondary N) is 2. The number of carbonyl (C=O) groups is 1. The molecular weight excluding hydrogens is 456 g/mol. The van der Waals surface area contributed by atoms with Gasteiger partial charge in [-0.2, -0.15) is 4.31 Å². The van der Waals surface area contributed by atoms with Crippen molar-refractivity contribution in [2.24, 2.45) is 5.92 Å². The molecule has 3 aromatic rings. The lowest BCUT2D eigenvalue weighted by molar-refractivity contribution is 0.102. The van der Waals surface area contributed by atoms with E-state index in [1.54, 1.807) is 34.1 Å². The SMILES string of the molecule is Cc1cc(C(=O)Nc2cccc(-n3cc[nH]c3=S)c2)cc(S(=O)(=O)N2CCC(C)CC2)c1C. The van der Waals surface area contributed by atoms with Gasteiger partial charge in [-0.25, -0.2) is 8.42 Å². The van der Waals surface area contributed by atoms with Crippen LogP contribution in [0.4, 0.5) is 5.69 Å². The van der Waals surface area contributed by atoms with Gasteiger partial charge >= 0.3 is 0 Å². The Hall–Kier alpha value is -2.75.